The highest BCUT2D eigenvalue weighted by Crippen LogP contribution is 2.34. The van der Waals surface area contributed by atoms with Crippen molar-refractivity contribution >= 4 is 34.2 Å². The minimum atomic E-state index is -1.63. The van der Waals surface area contributed by atoms with Crippen molar-refractivity contribution in [1.29, 1.82) is 0 Å². The number of nitrogens with one attached hydrogen (secondary N) is 3. The number of benzene rings is 2. The Morgan fingerprint density at radius 3 is 2.37 bits per heavy atom. The monoisotopic (exact) mass is 494 g/mol. The molecule has 10 heteroatoms. The third-order valence-corrected chi connectivity index (χ3v) is 6.64. The van der Waals surface area contributed by atoms with E-state index in [9.17, 15) is 9.00 Å². The molecular weight excluding hydrogens is 464 g/mol. The summed E-state index contributed by atoms with van der Waals surface area (Å²) in [4.78, 5) is 13.1. The van der Waals surface area contributed by atoms with Crippen molar-refractivity contribution in [3.63, 3.8) is 0 Å². The number of amides is 1. The molecule has 0 aliphatic rings. The van der Waals surface area contributed by atoms with Crippen LogP contribution in [0.1, 0.15) is 53.5 Å². The Morgan fingerprint density at radius 2 is 1.74 bits per heavy atom. The van der Waals surface area contributed by atoms with Gasteiger partial charge in [-0.3, -0.25) is 18.8 Å². The zero-order chi connectivity index (χ0) is 25.5. The zero-order valence-electron chi connectivity index (χ0n) is 20.9. The Morgan fingerprint density at radius 1 is 1.06 bits per heavy atom. The summed E-state index contributed by atoms with van der Waals surface area (Å²) >= 11 is -1.63. The van der Waals surface area contributed by atoms with Gasteiger partial charge in [-0.2, -0.15) is 0 Å². The number of hydrogen-bond donors (Lipinski definition) is 3. The second kappa shape index (κ2) is 9.27. The molecule has 0 radical (unpaired) electrons. The number of rotatable bonds is 6. The van der Waals surface area contributed by atoms with Crippen LogP contribution in [0.25, 0.3) is 17.0 Å². The summed E-state index contributed by atoms with van der Waals surface area (Å²) in [6.45, 7) is 12.4. The molecule has 1 amide bonds. The van der Waals surface area contributed by atoms with E-state index in [1.165, 1.54) is 7.11 Å². The number of fused-ring (bicyclic) bond motifs is 1. The molecule has 4 rings (SSSR count). The molecule has 0 saturated heterocycles. The Bertz CT molecular complexity index is 1430. The van der Waals surface area contributed by atoms with E-state index in [2.05, 4.69) is 46.1 Å². The van der Waals surface area contributed by atoms with Gasteiger partial charge in [0.05, 0.1) is 7.11 Å². The predicted molar refractivity (Wildman–Crippen MR) is 139 cm³/mol. The van der Waals surface area contributed by atoms with E-state index in [1.807, 2.05) is 37.4 Å². The maximum absolute atomic E-state index is 13.1. The van der Waals surface area contributed by atoms with Gasteiger partial charge in [0, 0.05) is 39.7 Å². The number of hydrogen-bond acceptors (Lipinski definition) is 5. The van der Waals surface area contributed by atoms with Crippen molar-refractivity contribution in [2.45, 2.75) is 47.0 Å². The van der Waals surface area contributed by atoms with Gasteiger partial charge in [0.15, 0.2) is 11.5 Å². The Balaban J connectivity index is 1.68. The number of aryl methyl sites for hydroxylation is 2. The summed E-state index contributed by atoms with van der Waals surface area (Å²) in [6.07, 6.45) is 0. The van der Waals surface area contributed by atoms with Crippen LogP contribution in [0.3, 0.4) is 0 Å². The molecule has 0 aliphatic carbocycles. The number of aromatic amines is 1. The molecule has 0 fully saturated rings. The van der Waals surface area contributed by atoms with Gasteiger partial charge in [0.2, 0.25) is 0 Å². The molecule has 0 spiro atoms. The Kier molecular flexibility index (Phi) is 6.52. The summed E-state index contributed by atoms with van der Waals surface area (Å²) in [7, 11) is 1.34. The van der Waals surface area contributed by atoms with Gasteiger partial charge in [-0.25, -0.2) is 8.72 Å². The first kappa shape index (κ1) is 24.6. The van der Waals surface area contributed by atoms with E-state index >= 15 is 0 Å². The van der Waals surface area contributed by atoms with Crippen LogP contribution in [-0.4, -0.2) is 37.0 Å². The molecule has 2 aromatic carbocycles. The first-order chi connectivity index (χ1) is 16.5. The lowest BCUT2D eigenvalue weighted by Crippen LogP contribution is -2.15. The maximum atomic E-state index is 13.1. The quantitative estimate of drug-likeness (QED) is 0.355. The molecule has 1 unspecified atom stereocenters. The van der Waals surface area contributed by atoms with Crippen molar-refractivity contribution in [1.82, 2.24) is 19.8 Å². The average molecular weight is 495 g/mol. The summed E-state index contributed by atoms with van der Waals surface area (Å²) < 4.78 is 20.8. The molecule has 0 saturated carbocycles. The highest BCUT2D eigenvalue weighted by molar-refractivity contribution is 7.81. The third-order valence-electron chi connectivity index (χ3n) is 5.94. The standard InChI is InChI=1S/C25H30N6O3S/c1-14-12-15(2)22(26-24(32)17-8-10-18(11-9-17)30-35(33)34-7)16(3)21(14)23-28-27-20-13-19(25(4,5)6)29-31(20)23/h8-13,29-30H,1-7H3,(H,26,32). The van der Waals surface area contributed by atoms with Crippen molar-refractivity contribution < 1.29 is 13.2 Å². The molecule has 2 heterocycles. The van der Waals surface area contributed by atoms with E-state index in [0.717, 1.165) is 39.3 Å². The van der Waals surface area contributed by atoms with Gasteiger partial charge in [-0.1, -0.05) is 26.8 Å². The van der Waals surface area contributed by atoms with Crippen LogP contribution in [0.4, 0.5) is 11.4 Å². The molecule has 0 aliphatic heterocycles. The van der Waals surface area contributed by atoms with Gasteiger partial charge in [-0.05, 0) is 61.7 Å². The number of nitrogens with zero attached hydrogens (tertiary/aromatic N) is 3. The van der Waals surface area contributed by atoms with Crippen LogP contribution in [0.2, 0.25) is 0 Å². The Hall–Kier alpha value is -3.50. The van der Waals surface area contributed by atoms with Crippen LogP contribution in [-0.2, 0) is 20.9 Å². The second-order valence-electron chi connectivity index (χ2n) is 9.56. The fourth-order valence-electron chi connectivity index (χ4n) is 4.06. The van der Waals surface area contributed by atoms with Crippen molar-refractivity contribution in [2.24, 2.45) is 0 Å². The summed E-state index contributed by atoms with van der Waals surface area (Å²) in [5, 5.41) is 15.3. The molecule has 184 valence electrons. The molecule has 2 aromatic heterocycles. The third kappa shape index (κ3) is 4.85. The van der Waals surface area contributed by atoms with E-state index in [4.69, 9.17) is 4.18 Å². The fraction of sp³-hybridized carbons (Fsp3) is 0.320. The summed E-state index contributed by atoms with van der Waals surface area (Å²) in [5.74, 6) is 0.453. The maximum Gasteiger partial charge on any atom is 0.261 e. The average Bonchev–Trinajstić information content (AvgIpc) is 3.39. The van der Waals surface area contributed by atoms with Crippen LogP contribution in [0, 0.1) is 20.8 Å². The highest BCUT2D eigenvalue weighted by atomic mass is 32.2. The first-order valence-electron chi connectivity index (χ1n) is 11.2. The highest BCUT2D eigenvalue weighted by Gasteiger charge is 2.23. The van der Waals surface area contributed by atoms with Crippen LogP contribution >= 0.6 is 0 Å². The zero-order valence-corrected chi connectivity index (χ0v) is 21.8. The molecule has 35 heavy (non-hydrogen) atoms. The normalized spacial score (nSPS) is 12.7. The largest absolute Gasteiger partial charge is 0.321 e. The number of carbonyl (C=O) groups is 1. The van der Waals surface area contributed by atoms with Gasteiger partial charge >= 0.3 is 0 Å². The number of H-pyrrole nitrogens is 1. The van der Waals surface area contributed by atoms with Gasteiger partial charge < -0.3 is 5.32 Å². The lowest BCUT2D eigenvalue weighted by atomic mass is 9.93. The number of carbonyl (C=O) groups excluding carboxylic acids is 1. The summed E-state index contributed by atoms with van der Waals surface area (Å²) in [5.41, 5.74) is 7.37. The van der Waals surface area contributed by atoms with E-state index in [-0.39, 0.29) is 11.3 Å². The lowest BCUT2D eigenvalue weighted by molar-refractivity contribution is 0.102. The molecule has 9 nitrogen and oxygen atoms in total. The fourth-order valence-corrected chi connectivity index (χ4v) is 4.48. The van der Waals surface area contributed by atoms with Crippen molar-refractivity contribution in [3.05, 3.63) is 64.3 Å². The topological polar surface area (TPSA) is 113 Å². The Labute approximate surface area is 207 Å². The van der Waals surface area contributed by atoms with E-state index in [0.29, 0.717) is 17.1 Å². The van der Waals surface area contributed by atoms with E-state index in [1.54, 1.807) is 24.3 Å². The predicted octanol–water partition coefficient (Wildman–Crippen LogP) is 4.84. The van der Waals surface area contributed by atoms with Crippen molar-refractivity contribution in [2.75, 3.05) is 17.1 Å². The number of anilines is 2. The summed E-state index contributed by atoms with van der Waals surface area (Å²) in [6, 6.07) is 10.7. The van der Waals surface area contributed by atoms with Crippen LogP contribution in [0.15, 0.2) is 36.4 Å². The van der Waals surface area contributed by atoms with Gasteiger partial charge in [-0.15, -0.1) is 10.2 Å². The lowest BCUT2D eigenvalue weighted by Gasteiger charge is -2.18. The molecular formula is C25H30N6O3S. The van der Waals surface area contributed by atoms with Crippen LogP contribution in [0.5, 0.6) is 0 Å². The van der Waals surface area contributed by atoms with Gasteiger partial charge in [0.25, 0.3) is 17.2 Å². The smallest absolute Gasteiger partial charge is 0.261 e. The van der Waals surface area contributed by atoms with E-state index < -0.39 is 11.3 Å². The first-order valence-corrected chi connectivity index (χ1v) is 12.3. The number of aromatic nitrogens is 4. The molecule has 0 bridgehead atoms. The van der Waals surface area contributed by atoms with Crippen LogP contribution < -0.4 is 10.0 Å². The second-order valence-corrected chi connectivity index (χ2v) is 10.6. The molecule has 3 N–H and O–H groups in total. The SMILES string of the molecule is COS(=O)Nc1ccc(C(=O)Nc2c(C)cc(C)c(-c3nnc4cc(C(C)(C)C)[nH]n34)c2C)cc1. The molecule has 1 atom stereocenters. The van der Waals surface area contributed by atoms with Crippen molar-refractivity contribution in [3.8, 4) is 11.4 Å². The van der Waals surface area contributed by atoms with Gasteiger partial charge in [0.1, 0.15) is 0 Å². The minimum absolute atomic E-state index is 0.0574. The minimum Gasteiger partial charge on any atom is -0.321 e. The molecule has 4 aromatic rings.